The first-order chi connectivity index (χ1) is 17.7. The number of likely N-dealkylation sites (N-methyl/N-ethyl adjacent to an activating group) is 1. The molecule has 0 fully saturated rings. The third kappa shape index (κ3) is 6.13. The molecule has 0 bridgehead atoms. The van der Waals surface area contributed by atoms with Crippen LogP contribution in [0.4, 0.5) is 8.78 Å². The largest absolute Gasteiger partial charge is 0.489 e. The normalized spacial score (nSPS) is 11.2. The minimum absolute atomic E-state index is 0.0772. The van der Waals surface area contributed by atoms with Crippen LogP contribution in [0.5, 0.6) is 5.75 Å². The summed E-state index contributed by atoms with van der Waals surface area (Å²) in [6.45, 7) is 0.605. The molecule has 0 aliphatic rings. The number of hydrogen-bond donors (Lipinski definition) is 1. The zero-order valence-electron chi connectivity index (χ0n) is 20.4. The number of furan rings is 1. The molecule has 0 saturated carbocycles. The molecule has 9 heteroatoms. The minimum atomic E-state index is -1.08. The average molecular weight is 509 g/mol. The Morgan fingerprint density at radius 1 is 1.00 bits per heavy atom. The van der Waals surface area contributed by atoms with Crippen LogP contribution in [0.25, 0.3) is 22.1 Å². The number of amides is 1. The van der Waals surface area contributed by atoms with Gasteiger partial charge in [-0.25, -0.2) is 8.78 Å². The number of carboxylic acid groups (broad SMARTS) is 1. The van der Waals surface area contributed by atoms with Crippen molar-refractivity contribution in [2.75, 3.05) is 33.7 Å². The van der Waals surface area contributed by atoms with Gasteiger partial charge in [0.1, 0.15) is 24.5 Å². The van der Waals surface area contributed by atoms with E-state index in [4.69, 9.17) is 9.15 Å². The molecule has 192 valence electrons. The first kappa shape index (κ1) is 25.8. The molecule has 0 unspecified atom stereocenters. The van der Waals surface area contributed by atoms with Gasteiger partial charge in [-0.05, 0) is 61.6 Å². The second-order valence-corrected chi connectivity index (χ2v) is 8.82. The molecule has 0 atom stereocenters. The van der Waals surface area contributed by atoms with Crippen LogP contribution in [0.1, 0.15) is 15.9 Å². The van der Waals surface area contributed by atoms with Crippen molar-refractivity contribution in [2.45, 2.75) is 6.61 Å². The number of carbonyl (C=O) groups excluding carboxylic acids is 1. The van der Waals surface area contributed by atoms with Crippen molar-refractivity contribution in [3.8, 4) is 16.9 Å². The van der Waals surface area contributed by atoms with E-state index in [2.05, 4.69) is 0 Å². The quantitative estimate of drug-likeness (QED) is 0.323. The number of rotatable bonds is 10. The maximum Gasteiger partial charge on any atom is 0.323 e. The molecule has 1 amide bonds. The fraction of sp³-hybridized carbons (Fsp3) is 0.214. The maximum atomic E-state index is 14.0. The summed E-state index contributed by atoms with van der Waals surface area (Å²) in [5.41, 5.74) is 2.43. The molecule has 0 aliphatic heterocycles. The van der Waals surface area contributed by atoms with Gasteiger partial charge in [-0.15, -0.1) is 0 Å². The lowest BCUT2D eigenvalue weighted by molar-refractivity contribution is -0.137. The molecular formula is C28H26F2N2O5. The second-order valence-electron chi connectivity index (χ2n) is 8.82. The van der Waals surface area contributed by atoms with Gasteiger partial charge in [-0.1, -0.05) is 24.3 Å². The van der Waals surface area contributed by atoms with E-state index in [0.29, 0.717) is 29.0 Å². The lowest BCUT2D eigenvalue weighted by Crippen LogP contribution is -2.40. The lowest BCUT2D eigenvalue weighted by Gasteiger charge is -2.23. The highest BCUT2D eigenvalue weighted by molar-refractivity contribution is 5.96. The molecular weight excluding hydrogens is 482 g/mol. The first-order valence-corrected chi connectivity index (χ1v) is 11.6. The Labute approximate surface area is 212 Å². The Morgan fingerprint density at radius 3 is 2.46 bits per heavy atom. The summed E-state index contributed by atoms with van der Waals surface area (Å²) in [7, 11) is 3.70. The fourth-order valence-electron chi connectivity index (χ4n) is 3.90. The number of aliphatic carboxylic acids is 1. The summed E-state index contributed by atoms with van der Waals surface area (Å²) in [6, 6.07) is 16.2. The predicted molar refractivity (Wildman–Crippen MR) is 134 cm³/mol. The summed E-state index contributed by atoms with van der Waals surface area (Å²) < 4.78 is 39.3. The standard InChI is InChI=1S/C28H26F2N2O5/c1-31(2)11-12-32(16-25(33)34)28(35)20-5-3-4-18(14-20)17-37-21-8-6-19(7-9-21)23-15-24(29)26(30)22-10-13-36-27(22)23/h3-10,13-15H,11-12,16-17H2,1-2H3,(H,33,34). The van der Waals surface area contributed by atoms with Crippen molar-refractivity contribution in [1.29, 1.82) is 0 Å². The number of carboxylic acids is 1. The number of benzene rings is 3. The van der Waals surface area contributed by atoms with Crippen molar-refractivity contribution in [1.82, 2.24) is 9.80 Å². The number of fused-ring (bicyclic) bond motifs is 1. The topological polar surface area (TPSA) is 83.2 Å². The SMILES string of the molecule is CN(C)CCN(CC(=O)O)C(=O)c1cccc(COc2ccc(-c3cc(F)c(F)c4ccoc34)cc2)c1. The third-order valence-corrected chi connectivity index (χ3v) is 5.80. The lowest BCUT2D eigenvalue weighted by atomic mass is 10.0. The van der Waals surface area contributed by atoms with Gasteiger partial charge >= 0.3 is 5.97 Å². The maximum absolute atomic E-state index is 14.0. The van der Waals surface area contributed by atoms with Gasteiger partial charge in [0.2, 0.25) is 0 Å². The van der Waals surface area contributed by atoms with Crippen LogP contribution in [0.3, 0.4) is 0 Å². The number of nitrogens with zero attached hydrogens (tertiary/aromatic N) is 2. The van der Waals surface area contributed by atoms with Gasteiger partial charge in [-0.3, -0.25) is 9.59 Å². The van der Waals surface area contributed by atoms with Crippen molar-refractivity contribution in [2.24, 2.45) is 0 Å². The second kappa shape index (κ2) is 11.2. The van der Waals surface area contributed by atoms with Gasteiger partial charge in [0.25, 0.3) is 5.91 Å². The Bertz CT molecular complexity index is 1420. The van der Waals surface area contributed by atoms with Gasteiger partial charge in [0, 0.05) is 24.2 Å². The molecule has 1 heterocycles. The van der Waals surface area contributed by atoms with E-state index < -0.39 is 17.6 Å². The smallest absolute Gasteiger partial charge is 0.323 e. The highest BCUT2D eigenvalue weighted by Gasteiger charge is 2.19. The molecule has 0 aliphatic carbocycles. The van der Waals surface area contributed by atoms with E-state index in [1.807, 2.05) is 19.0 Å². The van der Waals surface area contributed by atoms with Gasteiger partial charge in [0.15, 0.2) is 11.6 Å². The zero-order chi connectivity index (χ0) is 26.5. The highest BCUT2D eigenvalue weighted by Crippen LogP contribution is 2.33. The van der Waals surface area contributed by atoms with Crippen molar-refractivity contribution < 1.29 is 32.6 Å². The van der Waals surface area contributed by atoms with Gasteiger partial charge in [0.05, 0.1) is 11.6 Å². The summed E-state index contributed by atoms with van der Waals surface area (Å²) in [5.74, 6) is -2.81. The van der Waals surface area contributed by atoms with Crippen molar-refractivity contribution in [3.63, 3.8) is 0 Å². The fourth-order valence-corrected chi connectivity index (χ4v) is 3.90. The van der Waals surface area contributed by atoms with E-state index >= 15 is 0 Å². The molecule has 4 rings (SSSR count). The monoisotopic (exact) mass is 508 g/mol. The van der Waals surface area contributed by atoms with Crippen LogP contribution in [0.15, 0.2) is 71.3 Å². The third-order valence-electron chi connectivity index (χ3n) is 5.80. The zero-order valence-corrected chi connectivity index (χ0v) is 20.4. The molecule has 37 heavy (non-hydrogen) atoms. The van der Waals surface area contributed by atoms with Crippen LogP contribution in [-0.2, 0) is 11.4 Å². The molecule has 7 nitrogen and oxygen atoms in total. The molecule has 0 radical (unpaired) electrons. The molecule has 1 aromatic heterocycles. The number of hydrogen-bond acceptors (Lipinski definition) is 5. The minimum Gasteiger partial charge on any atom is -0.489 e. The van der Waals surface area contributed by atoms with Gasteiger partial charge in [-0.2, -0.15) is 0 Å². The van der Waals surface area contributed by atoms with Crippen molar-refractivity contribution in [3.05, 3.63) is 89.7 Å². The average Bonchev–Trinajstić information content (AvgIpc) is 3.38. The summed E-state index contributed by atoms with van der Waals surface area (Å²) >= 11 is 0. The van der Waals surface area contributed by atoms with Crippen LogP contribution in [-0.4, -0.2) is 60.5 Å². The molecule has 3 aromatic carbocycles. The van der Waals surface area contributed by atoms with Crippen molar-refractivity contribution >= 4 is 22.8 Å². The molecule has 0 saturated heterocycles. The van der Waals surface area contributed by atoms with E-state index in [-0.39, 0.29) is 36.6 Å². The Hall–Kier alpha value is -4.24. The van der Waals surface area contributed by atoms with Crippen LogP contribution in [0, 0.1) is 11.6 Å². The Balaban J connectivity index is 1.45. The van der Waals surface area contributed by atoms with E-state index in [0.717, 1.165) is 11.6 Å². The Morgan fingerprint density at radius 2 is 1.76 bits per heavy atom. The predicted octanol–water partition coefficient (Wildman–Crippen LogP) is 5.05. The van der Waals surface area contributed by atoms with Crippen LogP contribution in [0.2, 0.25) is 0 Å². The van der Waals surface area contributed by atoms with Crippen LogP contribution < -0.4 is 4.74 Å². The number of ether oxygens (including phenoxy) is 1. The van der Waals surface area contributed by atoms with Crippen LogP contribution >= 0.6 is 0 Å². The molecule has 0 spiro atoms. The first-order valence-electron chi connectivity index (χ1n) is 11.6. The van der Waals surface area contributed by atoms with E-state index in [1.54, 1.807) is 48.5 Å². The molecule has 4 aromatic rings. The molecule has 1 N–H and O–H groups in total. The van der Waals surface area contributed by atoms with E-state index in [1.165, 1.54) is 17.2 Å². The number of halogens is 2. The summed E-state index contributed by atoms with van der Waals surface area (Å²) in [4.78, 5) is 27.4. The Kier molecular flexibility index (Phi) is 7.83. The number of carbonyl (C=O) groups is 2. The van der Waals surface area contributed by atoms with E-state index in [9.17, 15) is 23.5 Å². The summed E-state index contributed by atoms with van der Waals surface area (Å²) in [6.07, 6.45) is 1.32. The highest BCUT2D eigenvalue weighted by atomic mass is 19.2. The summed E-state index contributed by atoms with van der Waals surface area (Å²) in [5, 5.41) is 9.28. The van der Waals surface area contributed by atoms with Gasteiger partial charge < -0.3 is 24.1 Å².